The minimum Gasteiger partial charge on any atom is -0.448 e. The maximum Gasteiger partial charge on any atom is 0.488 e. The Morgan fingerprint density at radius 2 is 1.48 bits per heavy atom. The highest BCUT2D eigenvalue weighted by Crippen LogP contribution is 2.44. The Hall–Kier alpha value is -3.55. The zero-order valence-corrected chi connectivity index (χ0v) is 23.1. The van der Waals surface area contributed by atoms with Crippen molar-refractivity contribution in [3.8, 4) is 16.9 Å². The molecule has 5 rings (SSSR count). The molecule has 0 bridgehead atoms. The molecule has 0 atom stereocenters. The van der Waals surface area contributed by atoms with E-state index in [0.717, 1.165) is 41.3 Å². The molecule has 3 aromatic rings. The first kappa shape index (κ1) is 28.0. The summed E-state index contributed by atoms with van der Waals surface area (Å²) in [5.41, 5.74) is 4.31. The van der Waals surface area contributed by atoms with Crippen molar-refractivity contribution in [1.29, 1.82) is 0 Å². The highest BCUT2D eigenvalue weighted by atomic mass is 32.3. The van der Waals surface area contributed by atoms with E-state index in [0.29, 0.717) is 26.2 Å². The average molecular weight is 593 g/mol. The van der Waals surface area contributed by atoms with Crippen molar-refractivity contribution < 1.29 is 38.3 Å². The molecule has 0 aromatic heterocycles. The number of nitrogens with zero attached hydrogens (tertiary/aromatic N) is 2. The van der Waals surface area contributed by atoms with E-state index in [1.54, 1.807) is 4.90 Å². The van der Waals surface area contributed by atoms with E-state index in [-0.39, 0.29) is 30.2 Å². The van der Waals surface area contributed by atoms with Gasteiger partial charge in [-0.1, -0.05) is 52.4 Å². The Morgan fingerprint density at radius 3 is 2.02 bits per heavy atom. The van der Waals surface area contributed by atoms with Gasteiger partial charge in [0, 0.05) is 44.2 Å². The number of rotatable bonds is 7. The number of amides is 1. The molecule has 0 N–H and O–H groups in total. The van der Waals surface area contributed by atoms with Gasteiger partial charge in [0.25, 0.3) is 0 Å². The first-order valence-electron chi connectivity index (χ1n) is 12.5. The van der Waals surface area contributed by atoms with Gasteiger partial charge in [0.05, 0.1) is 0 Å². The molecule has 1 amide bonds. The van der Waals surface area contributed by atoms with Gasteiger partial charge in [-0.25, -0.2) is 4.79 Å². The molecule has 1 heterocycles. The lowest BCUT2D eigenvalue weighted by Crippen LogP contribution is -2.48. The predicted molar refractivity (Wildman–Crippen MR) is 142 cm³/mol. The van der Waals surface area contributed by atoms with E-state index in [4.69, 9.17) is 4.74 Å². The van der Waals surface area contributed by atoms with Crippen LogP contribution in [0.25, 0.3) is 11.1 Å². The molecular weight excluding hydrogens is 566 g/mol. The topological polar surface area (TPSA) is 110 Å². The molecule has 0 unspecified atom stereocenters. The molecule has 13 heteroatoms. The molecule has 1 aliphatic heterocycles. The fourth-order valence-electron chi connectivity index (χ4n) is 5.29. The smallest absolute Gasteiger partial charge is 0.448 e. The van der Waals surface area contributed by atoms with Crippen LogP contribution in [0.3, 0.4) is 0 Å². The summed E-state index contributed by atoms with van der Waals surface area (Å²) in [6, 6.07) is 18.3. The number of piperazine rings is 1. The summed E-state index contributed by atoms with van der Waals surface area (Å²) in [5.74, 6) is -0.682. The number of carbonyl (C=O) groups excluding carboxylic acids is 1. The lowest BCUT2D eigenvalue weighted by atomic mass is 9.98. The van der Waals surface area contributed by atoms with Gasteiger partial charge in [0.1, 0.15) is 17.3 Å². The largest absolute Gasteiger partial charge is 0.488 e. The van der Waals surface area contributed by atoms with Crippen molar-refractivity contribution in [1.82, 2.24) is 9.80 Å². The van der Waals surface area contributed by atoms with Crippen LogP contribution < -0.4 is 4.18 Å². The lowest BCUT2D eigenvalue weighted by molar-refractivity contribution is 0.0728. The Labute approximate surface area is 231 Å². The Bertz CT molecular complexity index is 1630. The summed E-state index contributed by atoms with van der Waals surface area (Å²) in [4.78, 5) is 15.5. The maximum atomic E-state index is 13.8. The first-order chi connectivity index (χ1) is 18.9. The normalized spacial score (nSPS) is 15.9. The molecule has 9 nitrogen and oxygen atoms in total. The number of hydrogen-bond donors (Lipinski definition) is 0. The Morgan fingerprint density at radius 1 is 0.900 bits per heavy atom. The van der Waals surface area contributed by atoms with Gasteiger partial charge in [-0.3, -0.25) is 4.90 Å². The monoisotopic (exact) mass is 592 g/mol. The van der Waals surface area contributed by atoms with Crippen LogP contribution in [0.15, 0.2) is 65.6 Å². The van der Waals surface area contributed by atoms with Crippen LogP contribution >= 0.6 is 0 Å². The highest BCUT2D eigenvalue weighted by molar-refractivity contribution is 7.86. The van der Waals surface area contributed by atoms with Crippen LogP contribution in [0.1, 0.15) is 28.2 Å². The number of carbonyl (C=O) groups is 1. The molecule has 1 aliphatic carbocycles. The summed E-state index contributed by atoms with van der Waals surface area (Å²) in [5, 5.41) is 0. The second-order valence-corrected chi connectivity index (χ2v) is 12.0. The lowest BCUT2D eigenvalue weighted by Gasteiger charge is -2.34. The quantitative estimate of drug-likeness (QED) is 0.374. The Kier molecular flexibility index (Phi) is 7.55. The van der Waals surface area contributed by atoms with E-state index < -0.39 is 37.5 Å². The van der Waals surface area contributed by atoms with Gasteiger partial charge >= 0.3 is 26.8 Å². The SMILES string of the molecule is Cc1c(OS(=O)(=O)F)cc(CN2CCN(C(=O)OCC3c4ccccc4-c4ccccc43)CC2)cc1S(=O)(=O)F. The number of hydrogen-bond acceptors (Lipinski definition) is 8. The molecule has 2 aliphatic rings. The van der Waals surface area contributed by atoms with Crippen molar-refractivity contribution in [2.45, 2.75) is 24.3 Å². The highest BCUT2D eigenvalue weighted by Gasteiger charge is 2.31. The van der Waals surface area contributed by atoms with Crippen molar-refractivity contribution in [3.63, 3.8) is 0 Å². The molecule has 1 saturated heterocycles. The van der Waals surface area contributed by atoms with Gasteiger partial charge in [0.15, 0.2) is 0 Å². The van der Waals surface area contributed by atoms with Crippen LogP contribution in [-0.2, 0) is 32.0 Å². The molecule has 212 valence electrons. The predicted octanol–water partition coefficient (Wildman–Crippen LogP) is 4.31. The van der Waals surface area contributed by atoms with Crippen molar-refractivity contribution in [3.05, 3.63) is 82.9 Å². The van der Waals surface area contributed by atoms with E-state index in [2.05, 4.69) is 16.3 Å². The Balaban J connectivity index is 1.22. The van der Waals surface area contributed by atoms with Gasteiger partial charge in [-0.05, 0) is 46.9 Å². The summed E-state index contributed by atoms with van der Waals surface area (Å²) in [6.45, 7) is 2.80. The summed E-state index contributed by atoms with van der Waals surface area (Å²) >= 11 is 0. The second kappa shape index (κ2) is 10.8. The van der Waals surface area contributed by atoms with Crippen LogP contribution in [-0.4, -0.2) is 65.5 Å². The number of ether oxygens (including phenoxy) is 1. The molecule has 0 saturated carbocycles. The van der Waals surface area contributed by atoms with E-state index in [1.807, 2.05) is 41.3 Å². The van der Waals surface area contributed by atoms with Crippen LogP contribution in [0.4, 0.5) is 12.6 Å². The summed E-state index contributed by atoms with van der Waals surface area (Å²) in [7, 11) is -10.7. The fraction of sp³-hybridized carbons (Fsp3) is 0.296. The first-order valence-corrected chi connectivity index (χ1v) is 15.1. The molecule has 40 heavy (non-hydrogen) atoms. The van der Waals surface area contributed by atoms with Crippen molar-refractivity contribution in [2.24, 2.45) is 0 Å². The third kappa shape index (κ3) is 5.96. The maximum absolute atomic E-state index is 13.8. The van der Waals surface area contributed by atoms with E-state index in [1.165, 1.54) is 0 Å². The van der Waals surface area contributed by atoms with Gasteiger partial charge in [0.2, 0.25) is 0 Å². The zero-order valence-electron chi connectivity index (χ0n) is 21.4. The molecule has 0 spiro atoms. The van der Waals surface area contributed by atoms with E-state index in [9.17, 15) is 29.4 Å². The standard InChI is InChI=1S/C27H26F2N2O7S2/c1-18-25(38-40(29,35)36)14-19(15-26(18)39(28,33)34)16-30-10-12-31(13-11-30)27(32)37-17-24-22-8-4-2-6-20(22)21-7-3-5-9-23(21)24/h2-9,14-15,24H,10-13,16-17H2,1H3. The second-order valence-electron chi connectivity index (χ2n) is 9.70. The van der Waals surface area contributed by atoms with Crippen molar-refractivity contribution >= 4 is 26.8 Å². The molecule has 3 aromatic carbocycles. The van der Waals surface area contributed by atoms with Crippen LogP contribution in [0, 0.1) is 6.92 Å². The summed E-state index contributed by atoms with van der Waals surface area (Å²) < 4.78 is 82.1. The third-order valence-corrected chi connectivity index (χ3v) is 8.52. The molecular formula is C27H26F2N2O7S2. The number of halogens is 2. The van der Waals surface area contributed by atoms with Crippen LogP contribution in [0.5, 0.6) is 5.75 Å². The summed E-state index contributed by atoms with van der Waals surface area (Å²) in [6.07, 6.45) is -0.452. The molecule has 0 radical (unpaired) electrons. The average Bonchev–Trinajstić information content (AvgIpc) is 3.21. The third-order valence-electron chi connectivity index (χ3n) is 7.20. The number of benzene rings is 3. The van der Waals surface area contributed by atoms with Gasteiger partial charge in [-0.15, -0.1) is 3.89 Å². The van der Waals surface area contributed by atoms with Gasteiger partial charge < -0.3 is 13.8 Å². The van der Waals surface area contributed by atoms with E-state index >= 15 is 0 Å². The van der Waals surface area contributed by atoms with Gasteiger partial charge in [-0.2, -0.15) is 16.8 Å². The minimum atomic E-state index is -5.46. The van der Waals surface area contributed by atoms with Crippen molar-refractivity contribution in [2.75, 3.05) is 32.8 Å². The zero-order chi connectivity index (χ0) is 28.7. The number of fused-ring (bicyclic) bond motifs is 3. The van der Waals surface area contributed by atoms with Crippen LogP contribution in [0.2, 0.25) is 0 Å². The fourth-order valence-corrected chi connectivity index (χ4v) is 6.43. The molecule has 1 fully saturated rings. The minimum absolute atomic E-state index is 0.0651.